The fourth-order valence-corrected chi connectivity index (χ4v) is 1.11. The molecule has 1 aromatic carbocycles. The number of hydrogen-bond donors (Lipinski definition) is 1. The van der Waals surface area contributed by atoms with Crippen LogP contribution >= 0.6 is 0 Å². The average molecular weight is 196 g/mol. The number of nitrogens with zero attached hydrogens (tertiary/aromatic N) is 1. The molecule has 0 atom stereocenters. The summed E-state index contributed by atoms with van der Waals surface area (Å²) in [7, 11) is 0. The quantitative estimate of drug-likeness (QED) is 0.556. The maximum atomic E-state index is 11.5. The highest BCUT2D eigenvalue weighted by molar-refractivity contribution is 6.09. The number of aromatic amines is 1. The predicted octanol–water partition coefficient (Wildman–Crippen LogP) is 1.64. The van der Waals surface area contributed by atoms with Crippen LogP contribution in [0.2, 0.25) is 0 Å². The summed E-state index contributed by atoms with van der Waals surface area (Å²) in [6.07, 6.45) is 3.26. The summed E-state index contributed by atoms with van der Waals surface area (Å²) in [6.45, 7) is 0. The van der Waals surface area contributed by atoms with E-state index in [1.807, 2.05) is 18.2 Å². The third-order valence-electron chi connectivity index (χ3n) is 1.83. The minimum absolute atomic E-state index is 0.202. The standard InChI is InChI=1S/C12H8N2O/c15-11(10-4-2-1-3-5-10)6-7-12-13-8-9-14-12/h1-5,8-9H,(H,13,14). The Hall–Kier alpha value is -2.34. The average Bonchev–Trinajstić information content (AvgIpc) is 2.80. The molecule has 0 unspecified atom stereocenters. The van der Waals surface area contributed by atoms with Crippen molar-refractivity contribution < 1.29 is 4.79 Å². The van der Waals surface area contributed by atoms with Crippen LogP contribution in [0.4, 0.5) is 0 Å². The molecule has 1 aromatic heterocycles. The minimum Gasteiger partial charge on any atom is -0.338 e. The summed E-state index contributed by atoms with van der Waals surface area (Å²) in [5.41, 5.74) is 0.594. The van der Waals surface area contributed by atoms with Gasteiger partial charge < -0.3 is 4.98 Å². The van der Waals surface area contributed by atoms with Gasteiger partial charge in [0.15, 0.2) is 5.82 Å². The maximum absolute atomic E-state index is 11.5. The second-order valence-corrected chi connectivity index (χ2v) is 2.88. The fraction of sp³-hybridized carbons (Fsp3) is 0. The zero-order valence-electron chi connectivity index (χ0n) is 7.90. The molecular weight excluding hydrogens is 188 g/mol. The number of nitrogens with one attached hydrogen (secondary N) is 1. The van der Waals surface area contributed by atoms with E-state index in [0.717, 1.165) is 0 Å². The van der Waals surface area contributed by atoms with Gasteiger partial charge in [0.2, 0.25) is 5.78 Å². The van der Waals surface area contributed by atoms with Gasteiger partial charge in [0, 0.05) is 18.0 Å². The molecule has 0 aliphatic heterocycles. The fourth-order valence-electron chi connectivity index (χ4n) is 1.11. The first-order valence-corrected chi connectivity index (χ1v) is 4.47. The van der Waals surface area contributed by atoms with Crippen molar-refractivity contribution in [1.82, 2.24) is 9.97 Å². The minimum atomic E-state index is -0.202. The second-order valence-electron chi connectivity index (χ2n) is 2.88. The zero-order valence-corrected chi connectivity index (χ0v) is 7.90. The number of hydrogen-bond acceptors (Lipinski definition) is 2. The van der Waals surface area contributed by atoms with Crippen molar-refractivity contribution in [2.24, 2.45) is 0 Å². The van der Waals surface area contributed by atoms with Crippen LogP contribution < -0.4 is 0 Å². The lowest BCUT2D eigenvalue weighted by Gasteiger charge is -1.89. The van der Waals surface area contributed by atoms with Crippen LogP contribution in [0.15, 0.2) is 42.7 Å². The monoisotopic (exact) mass is 196 g/mol. The second kappa shape index (κ2) is 4.25. The Bertz CT molecular complexity index is 504. The summed E-state index contributed by atoms with van der Waals surface area (Å²) in [6, 6.07) is 8.94. The smallest absolute Gasteiger partial charge is 0.236 e. The molecule has 1 heterocycles. The highest BCUT2D eigenvalue weighted by atomic mass is 16.1. The van der Waals surface area contributed by atoms with Gasteiger partial charge in [-0.15, -0.1) is 0 Å². The van der Waals surface area contributed by atoms with Gasteiger partial charge in [0.05, 0.1) is 0 Å². The van der Waals surface area contributed by atoms with Crippen LogP contribution in [0, 0.1) is 11.8 Å². The van der Waals surface area contributed by atoms with Gasteiger partial charge in [-0.3, -0.25) is 4.79 Å². The number of benzene rings is 1. The first-order valence-electron chi connectivity index (χ1n) is 4.47. The number of rotatable bonds is 1. The molecule has 2 aromatic rings. The third kappa shape index (κ3) is 2.32. The number of aromatic nitrogens is 2. The van der Waals surface area contributed by atoms with E-state index in [-0.39, 0.29) is 5.78 Å². The van der Waals surface area contributed by atoms with E-state index in [2.05, 4.69) is 21.8 Å². The van der Waals surface area contributed by atoms with E-state index < -0.39 is 0 Å². The first-order chi connectivity index (χ1) is 7.36. The predicted molar refractivity (Wildman–Crippen MR) is 56.2 cm³/mol. The van der Waals surface area contributed by atoms with Crippen molar-refractivity contribution in [1.29, 1.82) is 0 Å². The van der Waals surface area contributed by atoms with Crippen molar-refractivity contribution in [2.75, 3.05) is 0 Å². The van der Waals surface area contributed by atoms with Crippen LogP contribution in [-0.2, 0) is 0 Å². The van der Waals surface area contributed by atoms with E-state index >= 15 is 0 Å². The maximum Gasteiger partial charge on any atom is 0.236 e. The van der Waals surface area contributed by atoms with Crippen LogP contribution in [0.3, 0.4) is 0 Å². The summed E-state index contributed by atoms with van der Waals surface area (Å²) in [5, 5.41) is 0. The van der Waals surface area contributed by atoms with Gasteiger partial charge in [-0.25, -0.2) is 4.98 Å². The Morgan fingerprint density at radius 1 is 1.27 bits per heavy atom. The lowest BCUT2D eigenvalue weighted by Crippen LogP contribution is -1.94. The van der Waals surface area contributed by atoms with E-state index in [1.54, 1.807) is 24.5 Å². The van der Waals surface area contributed by atoms with Gasteiger partial charge in [-0.1, -0.05) is 30.3 Å². The van der Waals surface area contributed by atoms with Crippen molar-refractivity contribution in [3.63, 3.8) is 0 Å². The molecule has 0 amide bonds. The highest BCUT2D eigenvalue weighted by Crippen LogP contribution is 1.98. The molecule has 72 valence electrons. The lowest BCUT2D eigenvalue weighted by molar-refractivity contribution is 0.105. The molecule has 0 aliphatic carbocycles. The van der Waals surface area contributed by atoms with Crippen molar-refractivity contribution in [3.05, 3.63) is 54.1 Å². The summed E-state index contributed by atoms with van der Waals surface area (Å²) >= 11 is 0. The summed E-state index contributed by atoms with van der Waals surface area (Å²) in [4.78, 5) is 18.2. The Kier molecular flexibility index (Phi) is 2.61. The van der Waals surface area contributed by atoms with E-state index in [4.69, 9.17) is 0 Å². The third-order valence-corrected chi connectivity index (χ3v) is 1.83. The van der Waals surface area contributed by atoms with E-state index in [9.17, 15) is 4.79 Å². The Morgan fingerprint density at radius 2 is 2.07 bits per heavy atom. The van der Waals surface area contributed by atoms with Crippen LogP contribution in [0.25, 0.3) is 0 Å². The molecular formula is C12H8N2O. The lowest BCUT2D eigenvalue weighted by atomic mass is 10.1. The van der Waals surface area contributed by atoms with Gasteiger partial charge in [-0.2, -0.15) is 0 Å². The van der Waals surface area contributed by atoms with Crippen LogP contribution in [-0.4, -0.2) is 15.8 Å². The molecule has 3 nitrogen and oxygen atoms in total. The molecule has 0 bridgehead atoms. The zero-order chi connectivity index (χ0) is 10.5. The van der Waals surface area contributed by atoms with Gasteiger partial charge in [0.1, 0.15) is 0 Å². The molecule has 0 spiro atoms. The van der Waals surface area contributed by atoms with Crippen LogP contribution in [0.5, 0.6) is 0 Å². The van der Waals surface area contributed by atoms with Crippen LogP contribution in [0.1, 0.15) is 16.2 Å². The molecule has 0 saturated heterocycles. The van der Waals surface area contributed by atoms with Crippen molar-refractivity contribution >= 4 is 5.78 Å². The largest absolute Gasteiger partial charge is 0.338 e. The van der Waals surface area contributed by atoms with E-state index in [0.29, 0.717) is 11.4 Å². The Morgan fingerprint density at radius 3 is 2.73 bits per heavy atom. The summed E-state index contributed by atoms with van der Waals surface area (Å²) in [5.74, 6) is 5.47. The molecule has 3 heteroatoms. The van der Waals surface area contributed by atoms with E-state index in [1.165, 1.54) is 0 Å². The van der Waals surface area contributed by atoms with Crippen molar-refractivity contribution in [3.8, 4) is 11.8 Å². The molecule has 1 N–H and O–H groups in total. The number of imidazole rings is 1. The molecule has 0 fully saturated rings. The van der Waals surface area contributed by atoms with Gasteiger partial charge in [-0.05, 0) is 11.8 Å². The van der Waals surface area contributed by atoms with Gasteiger partial charge in [0.25, 0.3) is 0 Å². The first kappa shape index (κ1) is 9.22. The van der Waals surface area contributed by atoms with Gasteiger partial charge >= 0.3 is 0 Å². The molecule has 0 saturated carbocycles. The number of H-pyrrole nitrogens is 1. The Balaban J connectivity index is 2.17. The number of carbonyl (C=O) groups is 1. The molecule has 15 heavy (non-hydrogen) atoms. The topological polar surface area (TPSA) is 45.8 Å². The highest BCUT2D eigenvalue weighted by Gasteiger charge is 1.99. The summed E-state index contributed by atoms with van der Waals surface area (Å²) < 4.78 is 0. The molecule has 0 radical (unpaired) electrons. The number of Topliss-reactive ketones (excluding diaryl/α,β-unsaturated/α-hetero) is 1. The van der Waals surface area contributed by atoms with Crippen molar-refractivity contribution in [2.45, 2.75) is 0 Å². The number of carbonyl (C=O) groups excluding carboxylic acids is 1. The molecule has 0 aliphatic rings. The molecule has 2 rings (SSSR count). The normalized spacial score (nSPS) is 9.07. The Labute approximate surface area is 87.2 Å². The number of ketones is 1. The SMILES string of the molecule is O=C(C#Cc1ncc[nH]1)c1ccccc1.